The van der Waals surface area contributed by atoms with Gasteiger partial charge in [-0.3, -0.25) is 0 Å². The van der Waals surface area contributed by atoms with Crippen LogP contribution in [0.4, 0.5) is 0 Å². The van der Waals surface area contributed by atoms with E-state index in [1.165, 1.54) is 0 Å². The summed E-state index contributed by atoms with van der Waals surface area (Å²) in [6.45, 7) is 0. The highest BCUT2D eigenvalue weighted by Gasteiger charge is 2.12. The van der Waals surface area contributed by atoms with Crippen LogP contribution in [0.3, 0.4) is 0 Å². The molecule has 22 heavy (non-hydrogen) atoms. The second-order valence-corrected chi connectivity index (χ2v) is 4.76. The van der Waals surface area contributed by atoms with Gasteiger partial charge in [0.1, 0.15) is 6.07 Å². The average molecular weight is 286 g/mol. The second-order valence-electron chi connectivity index (χ2n) is 4.76. The molecule has 2 aromatic heterocycles. The maximum Gasteiger partial charge on any atom is 0.224 e. The van der Waals surface area contributed by atoms with Crippen LogP contribution in [0.5, 0.6) is 11.6 Å². The molecule has 2 heterocycles. The van der Waals surface area contributed by atoms with Gasteiger partial charge in [0, 0.05) is 23.7 Å². The molecule has 5 nitrogen and oxygen atoms in total. The van der Waals surface area contributed by atoms with Crippen molar-refractivity contribution in [3.63, 3.8) is 0 Å². The number of hydrogen-bond donors (Lipinski definition) is 0. The molecule has 0 amide bonds. The largest absolute Gasteiger partial charge is 0.437 e. The minimum absolute atomic E-state index is 0.482. The lowest BCUT2D eigenvalue weighted by Gasteiger charge is -2.11. The van der Waals surface area contributed by atoms with Gasteiger partial charge in [-0.1, -0.05) is 30.3 Å². The molecule has 0 saturated heterocycles. The summed E-state index contributed by atoms with van der Waals surface area (Å²) in [5, 5.41) is 15.5. The lowest BCUT2D eigenvalue weighted by Crippen LogP contribution is -1.98. The van der Waals surface area contributed by atoms with Crippen molar-refractivity contribution in [2.75, 3.05) is 0 Å². The first-order valence-corrected chi connectivity index (χ1v) is 6.75. The van der Waals surface area contributed by atoms with Crippen LogP contribution in [-0.4, -0.2) is 14.6 Å². The number of nitriles is 1. The van der Waals surface area contributed by atoms with E-state index in [0.29, 0.717) is 22.8 Å². The van der Waals surface area contributed by atoms with E-state index >= 15 is 0 Å². The number of fused-ring (bicyclic) bond motifs is 2. The fourth-order valence-corrected chi connectivity index (χ4v) is 2.43. The number of ether oxygens (including phenoxy) is 1. The van der Waals surface area contributed by atoms with Crippen LogP contribution in [0.2, 0.25) is 0 Å². The molecule has 4 rings (SSSR count). The van der Waals surface area contributed by atoms with Crippen LogP contribution in [0.1, 0.15) is 5.56 Å². The molecule has 0 radical (unpaired) electrons. The van der Waals surface area contributed by atoms with Gasteiger partial charge in [-0.05, 0) is 11.5 Å². The normalized spacial score (nSPS) is 10.7. The van der Waals surface area contributed by atoms with Crippen LogP contribution in [0.15, 0.2) is 60.9 Å². The highest BCUT2D eigenvalue weighted by atomic mass is 16.5. The van der Waals surface area contributed by atoms with Crippen molar-refractivity contribution < 1.29 is 4.74 Å². The maximum atomic E-state index is 9.36. The molecular weight excluding hydrogens is 276 g/mol. The molecule has 2 aromatic carbocycles. The Morgan fingerprint density at radius 3 is 2.82 bits per heavy atom. The number of hydrogen-bond acceptors (Lipinski definition) is 4. The molecule has 0 saturated carbocycles. The second kappa shape index (κ2) is 4.86. The van der Waals surface area contributed by atoms with Gasteiger partial charge in [-0.25, -0.2) is 4.98 Å². The van der Waals surface area contributed by atoms with Gasteiger partial charge in [0.15, 0.2) is 11.4 Å². The Balaban J connectivity index is 1.94. The van der Waals surface area contributed by atoms with Crippen LogP contribution in [0, 0.1) is 11.3 Å². The van der Waals surface area contributed by atoms with E-state index in [2.05, 4.69) is 16.2 Å². The molecule has 0 unspecified atom stereocenters. The molecule has 5 heteroatoms. The van der Waals surface area contributed by atoms with Crippen molar-refractivity contribution in [2.24, 2.45) is 0 Å². The first-order valence-electron chi connectivity index (χ1n) is 6.75. The standard InChI is InChI=1S/C17H10N4O/c18-11-13-6-5-12-3-1-2-4-14(12)17(13)22-16-8-9-19-15-7-10-20-21(15)16/h1-10H. The van der Waals surface area contributed by atoms with Crippen LogP contribution in [0.25, 0.3) is 16.4 Å². The molecule has 0 N–H and O–H groups in total. The summed E-state index contributed by atoms with van der Waals surface area (Å²) < 4.78 is 7.62. The fraction of sp³-hybridized carbons (Fsp3) is 0. The Kier molecular flexibility index (Phi) is 2.73. The smallest absolute Gasteiger partial charge is 0.224 e. The van der Waals surface area contributed by atoms with Gasteiger partial charge < -0.3 is 4.74 Å². The molecule has 0 atom stereocenters. The third-order valence-corrected chi connectivity index (χ3v) is 3.46. The zero-order chi connectivity index (χ0) is 14.9. The average Bonchev–Trinajstić information content (AvgIpc) is 3.05. The molecule has 0 bridgehead atoms. The van der Waals surface area contributed by atoms with Gasteiger partial charge in [0.2, 0.25) is 5.88 Å². The van der Waals surface area contributed by atoms with E-state index in [0.717, 1.165) is 10.8 Å². The van der Waals surface area contributed by atoms with Crippen LogP contribution < -0.4 is 4.74 Å². The lowest BCUT2D eigenvalue weighted by molar-refractivity contribution is 0.449. The number of aromatic nitrogens is 3. The molecule has 0 aliphatic heterocycles. The highest BCUT2D eigenvalue weighted by molar-refractivity contribution is 5.90. The Morgan fingerprint density at radius 1 is 1.00 bits per heavy atom. The van der Waals surface area contributed by atoms with Crippen molar-refractivity contribution in [1.82, 2.24) is 14.6 Å². The van der Waals surface area contributed by atoms with Crippen LogP contribution >= 0.6 is 0 Å². The lowest BCUT2D eigenvalue weighted by atomic mass is 10.1. The number of benzene rings is 2. The molecule has 0 spiro atoms. The topological polar surface area (TPSA) is 63.2 Å². The molecule has 104 valence electrons. The first-order chi connectivity index (χ1) is 10.9. The SMILES string of the molecule is N#Cc1ccc2ccccc2c1Oc1ccnc2ccnn12. The van der Waals surface area contributed by atoms with E-state index in [-0.39, 0.29) is 0 Å². The summed E-state index contributed by atoms with van der Waals surface area (Å²) in [7, 11) is 0. The first kappa shape index (κ1) is 12.4. The van der Waals surface area contributed by atoms with Gasteiger partial charge in [0.25, 0.3) is 0 Å². The fourth-order valence-electron chi connectivity index (χ4n) is 2.43. The summed E-state index contributed by atoms with van der Waals surface area (Å²) >= 11 is 0. The minimum atomic E-state index is 0.482. The van der Waals surface area contributed by atoms with Gasteiger partial charge in [-0.2, -0.15) is 14.9 Å². The summed E-state index contributed by atoms with van der Waals surface area (Å²) in [6.07, 6.45) is 3.31. The van der Waals surface area contributed by atoms with Crippen molar-refractivity contribution in [3.05, 3.63) is 66.5 Å². The quantitative estimate of drug-likeness (QED) is 0.565. The van der Waals surface area contributed by atoms with Gasteiger partial charge in [-0.15, -0.1) is 0 Å². The highest BCUT2D eigenvalue weighted by Crippen LogP contribution is 2.33. The molecule has 4 aromatic rings. The Labute approximate surface area is 126 Å². The summed E-state index contributed by atoms with van der Waals surface area (Å²) in [4.78, 5) is 4.20. The Morgan fingerprint density at radius 2 is 1.91 bits per heavy atom. The van der Waals surface area contributed by atoms with E-state index in [9.17, 15) is 5.26 Å². The minimum Gasteiger partial charge on any atom is -0.437 e. The maximum absolute atomic E-state index is 9.36. The van der Waals surface area contributed by atoms with Crippen molar-refractivity contribution in [1.29, 1.82) is 5.26 Å². The number of nitrogens with zero attached hydrogens (tertiary/aromatic N) is 4. The monoisotopic (exact) mass is 286 g/mol. The van der Waals surface area contributed by atoms with Gasteiger partial charge >= 0.3 is 0 Å². The molecular formula is C17H10N4O. The van der Waals surface area contributed by atoms with E-state index < -0.39 is 0 Å². The zero-order valence-corrected chi connectivity index (χ0v) is 11.5. The predicted molar refractivity (Wildman–Crippen MR) is 81.7 cm³/mol. The molecule has 0 aliphatic rings. The molecule has 0 aliphatic carbocycles. The summed E-state index contributed by atoms with van der Waals surface area (Å²) in [5.41, 5.74) is 1.17. The van der Waals surface area contributed by atoms with Crippen molar-refractivity contribution in [3.8, 4) is 17.7 Å². The zero-order valence-electron chi connectivity index (χ0n) is 11.5. The summed E-state index contributed by atoms with van der Waals surface area (Å²) in [6, 6.07) is 17.2. The summed E-state index contributed by atoms with van der Waals surface area (Å²) in [5.74, 6) is 1.05. The third kappa shape index (κ3) is 1.86. The predicted octanol–water partition coefficient (Wildman–Crippen LogP) is 3.55. The van der Waals surface area contributed by atoms with E-state index in [1.54, 1.807) is 35.1 Å². The third-order valence-electron chi connectivity index (χ3n) is 3.46. The Hall–Kier alpha value is -3.39. The van der Waals surface area contributed by atoms with E-state index in [4.69, 9.17) is 4.74 Å². The molecule has 0 fully saturated rings. The van der Waals surface area contributed by atoms with Gasteiger partial charge in [0.05, 0.1) is 11.8 Å². The Bertz CT molecular complexity index is 1030. The van der Waals surface area contributed by atoms with Crippen molar-refractivity contribution >= 4 is 16.4 Å². The van der Waals surface area contributed by atoms with Crippen LogP contribution in [-0.2, 0) is 0 Å². The number of rotatable bonds is 2. The van der Waals surface area contributed by atoms with E-state index in [1.807, 2.05) is 30.3 Å². The van der Waals surface area contributed by atoms with Crippen molar-refractivity contribution in [2.45, 2.75) is 0 Å².